The molecule has 0 unspecified atom stereocenters. The van der Waals surface area contributed by atoms with Crippen molar-refractivity contribution in [2.24, 2.45) is 0 Å². The lowest BCUT2D eigenvalue weighted by Gasteiger charge is -2.06. The first-order chi connectivity index (χ1) is 13.7. The monoisotopic (exact) mass is 375 g/mol. The summed E-state index contributed by atoms with van der Waals surface area (Å²) in [6, 6.07) is 16.1. The molecule has 2 aromatic heterocycles. The molecule has 4 aromatic rings. The number of aromatic nitrogens is 5. The molecular weight excluding hydrogens is 358 g/mol. The maximum atomic E-state index is 12.3. The quantitative estimate of drug-likeness (QED) is 0.471. The summed E-state index contributed by atoms with van der Waals surface area (Å²) in [5, 5.41) is 14.8. The zero-order valence-electron chi connectivity index (χ0n) is 15.0. The molecule has 0 aliphatic rings. The molecule has 0 radical (unpaired) electrons. The molecule has 2 amide bonds. The number of aromatic amines is 1. The second-order valence-electron chi connectivity index (χ2n) is 6.05. The highest BCUT2D eigenvalue weighted by Crippen LogP contribution is 2.17. The summed E-state index contributed by atoms with van der Waals surface area (Å²) >= 11 is 0. The van der Waals surface area contributed by atoms with Crippen molar-refractivity contribution in [3.63, 3.8) is 0 Å². The second-order valence-corrected chi connectivity index (χ2v) is 6.05. The SMILES string of the molecule is CCn1nnc2cc(C(=O)NNC(=O)c3cc(-c4ccccc4)n[nH]3)ccc21. The fourth-order valence-corrected chi connectivity index (χ4v) is 2.79. The largest absolute Gasteiger partial charge is 0.287 e. The van der Waals surface area contributed by atoms with E-state index >= 15 is 0 Å². The van der Waals surface area contributed by atoms with Gasteiger partial charge in [0, 0.05) is 17.7 Å². The number of amides is 2. The van der Waals surface area contributed by atoms with Gasteiger partial charge in [0.25, 0.3) is 11.8 Å². The van der Waals surface area contributed by atoms with Crippen molar-refractivity contribution in [3.05, 3.63) is 65.9 Å². The number of carbonyl (C=O) groups is 2. The van der Waals surface area contributed by atoms with E-state index in [4.69, 9.17) is 0 Å². The second kappa shape index (κ2) is 7.31. The van der Waals surface area contributed by atoms with E-state index in [1.165, 1.54) is 0 Å². The van der Waals surface area contributed by atoms with Gasteiger partial charge in [0.2, 0.25) is 0 Å². The Labute approximate surface area is 159 Å². The number of fused-ring (bicyclic) bond motifs is 1. The summed E-state index contributed by atoms with van der Waals surface area (Å²) in [5.41, 5.74) is 8.35. The number of hydrazine groups is 1. The van der Waals surface area contributed by atoms with E-state index in [0.29, 0.717) is 23.3 Å². The highest BCUT2D eigenvalue weighted by atomic mass is 16.2. The normalized spacial score (nSPS) is 10.8. The van der Waals surface area contributed by atoms with Gasteiger partial charge in [-0.2, -0.15) is 5.10 Å². The minimum Gasteiger partial charge on any atom is -0.272 e. The number of H-pyrrole nitrogens is 1. The van der Waals surface area contributed by atoms with Crippen molar-refractivity contribution < 1.29 is 9.59 Å². The van der Waals surface area contributed by atoms with Gasteiger partial charge in [0.15, 0.2) is 0 Å². The predicted octanol–water partition coefficient (Wildman–Crippen LogP) is 1.92. The highest BCUT2D eigenvalue weighted by Gasteiger charge is 2.14. The first-order valence-electron chi connectivity index (χ1n) is 8.70. The number of rotatable bonds is 4. The minimum absolute atomic E-state index is 0.237. The Morgan fingerprint density at radius 1 is 1.04 bits per heavy atom. The van der Waals surface area contributed by atoms with Gasteiger partial charge in [-0.15, -0.1) is 5.10 Å². The van der Waals surface area contributed by atoms with Gasteiger partial charge in [-0.25, -0.2) is 4.68 Å². The zero-order chi connectivity index (χ0) is 19.5. The van der Waals surface area contributed by atoms with Crippen molar-refractivity contribution >= 4 is 22.8 Å². The maximum Gasteiger partial charge on any atom is 0.287 e. The van der Waals surface area contributed by atoms with Crippen LogP contribution in [0.4, 0.5) is 0 Å². The molecule has 9 nitrogen and oxygen atoms in total. The molecule has 4 rings (SSSR count). The van der Waals surface area contributed by atoms with Crippen LogP contribution in [-0.2, 0) is 6.54 Å². The Hall–Kier alpha value is -4.01. The van der Waals surface area contributed by atoms with Gasteiger partial charge in [0.1, 0.15) is 11.2 Å². The number of hydrogen-bond donors (Lipinski definition) is 3. The molecule has 9 heteroatoms. The fourth-order valence-electron chi connectivity index (χ4n) is 2.79. The summed E-state index contributed by atoms with van der Waals surface area (Å²) in [6.45, 7) is 2.65. The molecule has 0 aliphatic heterocycles. The van der Waals surface area contributed by atoms with E-state index in [1.807, 2.05) is 37.3 Å². The van der Waals surface area contributed by atoms with Crippen LogP contribution < -0.4 is 10.9 Å². The van der Waals surface area contributed by atoms with Crippen molar-refractivity contribution in [2.45, 2.75) is 13.5 Å². The third-order valence-corrected chi connectivity index (χ3v) is 4.26. The summed E-state index contributed by atoms with van der Waals surface area (Å²) in [5.74, 6) is -0.954. The van der Waals surface area contributed by atoms with Crippen LogP contribution in [0.3, 0.4) is 0 Å². The van der Waals surface area contributed by atoms with Gasteiger partial charge < -0.3 is 0 Å². The highest BCUT2D eigenvalue weighted by molar-refractivity contribution is 6.00. The van der Waals surface area contributed by atoms with E-state index in [9.17, 15) is 9.59 Å². The molecule has 0 fully saturated rings. The summed E-state index contributed by atoms with van der Waals surface area (Å²) in [7, 11) is 0. The van der Waals surface area contributed by atoms with Crippen molar-refractivity contribution in [2.75, 3.05) is 0 Å². The van der Waals surface area contributed by atoms with Crippen molar-refractivity contribution in [3.8, 4) is 11.3 Å². The molecular formula is C19H17N7O2. The van der Waals surface area contributed by atoms with Crippen LogP contribution in [0.2, 0.25) is 0 Å². The Morgan fingerprint density at radius 2 is 1.82 bits per heavy atom. The first-order valence-corrected chi connectivity index (χ1v) is 8.70. The summed E-state index contributed by atoms with van der Waals surface area (Å²) < 4.78 is 1.74. The fraction of sp³-hybridized carbons (Fsp3) is 0.105. The molecule has 2 heterocycles. The van der Waals surface area contributed by atoms with E-state index < -0.39 is 11.8 Å². The van der Waals surface area contributed by atoms with Crippen LogP contribution in [0.5, 0.6) is 0 Å². The lowest BCUT2D eigenvalue weighted by Crippen LogP contribution is -2.41. The topological polar surface area (TPSA) is 118 Å². The molecule has 3 N–H and O–H groups in total. The van der Waals surface area contributed by atoms with Crippen LogP contribution in [0.15, 0.2) is 54.6 Å². The first kappa shape index (κ1) is 17.4. The van der Waals surface area contributed by atoms with Crippen LogP contribution in [0.25, 0.3) is 22.3 Å². The molecule has 0 aliphatic carbocycles. The standard InChI is InChI=1S/C19H17N7O2/c1-2-26-17-9-8-13(10-15(17)22-25-26)18(27)23-24-19(28)16-11-14(20-21-16)12-6-4-3-5-7-12/h3-11H,2H2,1H3,(H,20,21)(H,23,27)(H,24,28). The molecule has 140 valence electrons. The maximum absolute atomic E-state index is 12.3. The minimum atomic E-state index is -0.499. The van der Waals surface area contributed by atoms with Crippen molar-refractivity contribution in [1.29, 1.82) is 0 Å². The molecule has 28 heavy (non-hydrogen) atoms. The summed E-state index contributed by atoms with van der Waals surface area (Å²) in [6.07, 6.45) is 0. The van der Waals surface area contributed by atoms with Crippen LogP contribution in [0.1, 0.15) is 27.8 Å². The molecule has 0 saturated heterocycles. The van der Waals surface area contributed by atoms with Crippen LogP contribution in [-0.4, -0.2) is 37.0 Å². The van der Waals surface area contributed by atoms with Gasteiger partial charge >= 0.3 is 0 Å². The summed E-state index contributed by atoms with van der Waals surface area (Å²) in [4.78, 5) is 24.6. The lowest BCUT2D eigenvalue weighted by atomic mass is 10.1. The smallest absolute Gasteiger partial charge is 0.272 e. The zero-order valence-corrected chi connectivity index (χ0v) is 15.0. The third kappa shape index (κ3) is 3.32. The van der Waals surface area contributed by atoms with E-state index in [1.54, 1.807) is 28.9 Å². The van der Waals surface area contributed by atoms with Crippen LogP contribution in [0, 0.1) is 0 Å². The average molecular weight is 375 g/mol. The number of hydrogen-bond acceptors (Lipinski definition) is 5. The Kier molecular flexibility index (Phi) is 4.55. The predicted molar refractivity (Wildman–Crippen MR) is 102 cm³/mol. The number of aryl methyl sites for hydroxylation is 1. The van der Waals surface area contributed by atoms with E-state index in [2.05, 4.69) is 31.4 Å². The van der Waals surface area contributed by atoms with E-state index in [-0.39, 0.29) is 5.69 Å². The Morgan fingerprint density at radius 3 is 2.61 bits per heavy atom. The number of carbonyl (C=O) groups excluding carboxylic acids is 2. The van der Waals surface area contributed by atoms with Crippen molar-refractivity contribution in [1.82, 2.24) is 36.0 Å². The van der Waals surface area contributed by atoms with Gasteiger partial charge in [-0.05, 0) is 31.2 Å². The Balaban J connectivity index is 1.42. The number of nitrogens with one attached hydrogen (secondary N) is 3. The molecule has 0 atom stereocenters. The van der Waals surface area contributed by atoms with E-state index in [0.717, 1.165) is 11.1 Å². The lowest BCUT2D eigenvalue weighted by molar-refractivity contribution is 0.0844. The third-order valence-electron chi connectivity index (χ3n) is 4.26. The van der Waals surface area contributed by atoms with Gasteiger partial charge in [0.05, 0.1) is 11.2 Å². The Bertz CT molecular complexity index is 1150. The molecule has 0 spiro atoms. The molecule has 0 bridgehead atoms. The van der Waals surface area contributed by atoms with Gasteiger partial charge in [-0.1, -0.05) is 35.5 Å². The molecule has 2 aromatic carbocycles. The number of benzene rings is 2. The molecule has 0 saturated carbocycles. The van der Waals surface area contributed by atoms with Gasteiger partial charge in [-0.3, -0.25) is 25.5 Å². The number of nitrogens with zero attached hydrogens (tertiary/aromatic N) is 4. The van der Waals surface area contributed by atoms with Crippen LogP contribution >= 0.6 is 0 Å². The average Bonchev–Trinajstić information content (AvgIpc) is 3.39.